The van der Waals surface area contributed by atoms with E-state index in [0.717, 1.165) is 23.1 Å². The summed E-state index contributed by atoms with van der Waals surface area (Å²) in [6.07, 6.45) is 3.19. The Morgan fingerprint density at radius 1 is 1.18 bits per heavy atom. The predicted octanol–water partition coefficient (Wildman–Crippen LogP) is 5.10. The Balaban J connectivity index is 1.50. The van der Waals surface area contributed by atoms with Crippen molar-refractivity contribution in [3.05, 3.63) is 53.3 Å². The van der Waals surface area contributed by atoms with Gasteiger partial charge >= 0.3 is 0 Å². The van der Waals surface area contributed by atoms with Gasteiger partial charge in [0.25, 0.3) is 5.91 Å². The van der Waals surface area contributed by atoms with Gasteiger partial charge in [0, 0.05) is 48.7 Å². The Bertz CT molecular complexity index is 1400. The fourth-order valence-electron chi connectivity index (χ4n) is 5.16. The van der Waals surface area contributed by atoms with Crippen molar-refractivity contribution in [3.8, 4) is 11.5 Å². The number of amides is 1. The van der Waals surface area contributed by atoms with Crippen LogP contribution < -0.4 is 0 Å². The number of halogens is 2. The third-order valence-corrected chi connectivity index (χ3v) is 7.09. The number of nitrogens with zero attached hydrogens (tertiary/aromatic N) is 4. The molecule has 0 saturated heterocycles. The molecule has 0 atom stereocenters. The first-order valence-corrected chi connectivity index (χ1v) is 11.7. The van der Waals surface area contributed by atoms with Crippen LogP contribution in [0.15, 0.2) is 36.4 Å². The Labute approximate surface area is 190 Å². The van der Waals surface area contributed by atoms with Crippen molar-refractivity contribution in [2.75, 3.05) is 19.8 Å². The van der Waals surface area contributed by atoms with Crippen molar-refractivity contribution < 1.29 is 13.6 Å². The predicted molar refractivity (Wildman–Crippen MR) is 125 cm³/mol. The van der Waals surface area contributed by atoms with Crippen LogP contribution in [0.2, 0.25) is 0 Å². The lowest BCUT2D eigenvalue weighted by Gasteiger charge is -2.28. The highest BCUT2D eigenvalue weighted by Gasteiger charge is 2.30. The normalized spacial score (nSPS) is 16.2. The number of aryl methyl sites for hydroxylation is 1. The van der Waals surface area contributed by atoms with Gasteiger partial charge in [-0.15, -0.1) is 0 Å². The molecule has 5 nitrogen and oxygen atoms in total. The molecule has 0 radical (unpaired) electrons. The Morgan fingerprint density at radius 2 is 2.00 bits per heavy atom. The largest absolute Gasteiger partial charge is 0.338 e. The summed E-state index contributed by atoms with van der Waals surface area (Å²) in [5, 5.41) is 1.14. The molecule has 7 heteroatoms. The molecular weight excluding hydrogens is 422 g/mol. The van der Waals surface area contributed by atoms with Gasteiger partial charge in [-0.1, -0.05) is 18.2 Å². The summed E-state index contributed by atoms with van der Waals surface area (Å²) < 4.78 is 32.5. The number of rotatable bonds is 6. The van der Waals surface area contributed by atoms with E-state index in [1.54, 1.807) is 11.0 Å². The van der Waals surface area contributed by atoms with Crippen LogP contribution in [0.5, 0.6) is 0 Å². The van der Waals surface area contributed by atoms with E-state index in [1.165, 1.54) is 12.8 Å². The third-order valence-electron chi connectivity index (χ3n) is 7.09. The van der Waals surface area contributed by atoms with E-state index in [9.17, 15) is 9.18 Å². The fraction of sp³-hybridized carbons (Fsp3) is 0.385. The topological polar surface area (TPSA) is 43.1 Å². The molecule has 1 fully saturated rings. The molecule has 1 aliphatic heterocycles. The lowest BCUT2D eigenvalue weighted by Crippen LogP contribution is -2.38. The molecule has 1 aliphatic carbocycles. The van der Waals surface area contributed by atoms with E-state index in [-0.39, 0.29) is 11.7 Å². The minimum Gasteiger partial charge on any atom is -0.338 e. The Hall–Kier alpha value is -3.22. The van der Waals surface area contributed by atoms with Gasteiger partial charge in [0.15, 0.2) is 11.6 Å². The number of carbonyl (C=O) groups is 1. The summed E-state index contributed by atoms with van der Waals surface area (Å²) in [5.41, 5.74) is 3.83. The first-order valence-electron chi connectivity index (χ1n) is 11.7. The van der Waals surface area contributed by atoms with Gasteiger partial charge in [-0.2, -0.15) is 0 Å². The molecular formula is C26H26F2N4O. The lowest BCUT2D eigenvalue weighted by atomic mass is 9.97. The number of fused-ring (bicyclic) bond motifs is 3. The number of aromatic nitrogens is 3. The first-order chi connectivity index (χ1) is 16.1. The maximum atomic E-state index is 15.7. The van der Waals surface area contributed by atoms with E-state index in [2.05, 4.69) is 22.8 Å². The van der Waals surface area contributed by atoms with Crippen LogP contribution in [-0.2, 0) is 20.0 Å². The number of imidazole rings is 1. The lowest BCUT2D eigenvalue weighted by molar-refractivity contribution is 0.0733. The average molecular weight is 449 g/mol. The number of alkyl halides is 1. The summed E-state index contributed by atoms with van der Waals surface area (Å²) in [6.45, 7) is 1.22. The Morgan fingerprint density at radius 3 is 2.79 bits per heavy atom. The second-order valence-corrected chi connectivity index (χ2v) is 9.31. The Kier molecular flexibility index (Phi) is 4.75. The van der Waals surface area contributed by atoms with Gasteiger partial charge in [-0.3, -0.25) is 9.18 Å². The highest BCUT2D eigenvalue weighted by molar-refractivity contribution is 6.01. The quantitative estimate of drug-likeness (QED) is 0.412. The summed E-state index contributed by atoms with van der Waals surface area (Å²) in [4.78, 5) is 19.4. The summed E-state index contributed by atoms with van der Waals surface area (Å²) in [7, 11) is 1.84. The molecule has 0 unspecified atom stereocenters. The second kappa shape index (κ2) is 7.68. The molecule has 4 aromatic rings. The molecule has 3 heterocycles. The van der Waals surface area contributed by atoms with Crippen LogP contribution in [0, 0.1) is 11.7 Å². The van der Waals surface area contributed by atoms with Crippen LogP contribution >= 0.6 is 0 Å². The second-order valence-electron chi connectivity index (χ2n) is 9.31. The van der Waals surface area contributed by atoms with Crippen LogP contribution in [0.4, 0.5) is 8.78 Å². The van der Waals surface area contributed by atoms with Gasteiger partial charge in [0.1, 0.15) is 5.52 Å². The highest BCUT2D eigenvalue weighted by atomic mass is 19.1. The van der Waals surface area contributed by atoms with Gasteiger partial charge < -0.3 is 14.0 Å². The molecule has 6 rings (SSSR count). The number of benzene rings is 2. The van der Waals surface area contributed by atoms with Crippen LogP contribution in [0.25, 0.3) is 33.5 Å². The van der Waals surface area contributed by atoms with Gasteiger partial charge in [0.05, 0.1) is 17.9 Å². The minimum atomic E-state index is -0.470. The van der Waals surface area contributed by atoms with E-state index in [4.69, 9.17) is 4.98 Å². The van der Waals surface area contributed by atoms with Gasteiger partial charge in [0.2, 0.25) is 0 Å². The van der Waals surface area contributed by atoms with Crippen LogP contribution in [0.1, 0.15) is 35.2 Å². The van der Waals surface area contributed by atoms with Crippen LogP contribution in [-0.4, -0.2) is 44.7 Å². The van der Waals surface area contributed by atoms with Crippen molar-refractivity contribution in [3.63, 3.8) is 0 Å². The molecule has 1 amide bonds. The highest BCUT2D eigenvalue weighted by Crippen LogP contribution is 2.37. The van der Waals surface area contributed by atoms with Gasteiger partial charge in [-0.05, 0) is 49.8 Å². The molecule has 0 N–H and O–H groups in total. The van der Waals surface area contributed by atoms with E-state index < -0.39 is 6.67 Å². The van der Waals surface area contributed by atoms with Gasteiger partial charge in [-0.25, -0.2) is 9.37 Å². The van der Waals surface area contributed by atoms with Crippen molar-refractivity contribution in [1.29, 1.82) is 0 Å². The monoisotopic (exact) mass is 448 g/mol. The molecule has 170 valence electrons. The number of para-hydroxylation sites is 1. The number of hydrogen-bond acceptors (Lipinski definition) is 2. The third kappa shape index (κ3) is 3.24. The fourth-order valence-corrected chi connectivity index (χ4v) is 5.16. The molecule has 1 saturated carbocycles. The molecule has 2 aromatic heterocycles. The molecule has 2 aromatic carbocycles. The summed E-state index contributed by atoms with van der Waals surface area (Å²) in [5.74, 6) is 0.767. The van der Waals surface area contributed by atoms with Crippen LogP contribution in [0.3, 0.4) is 0 Å². The zero-order valence-corrected chi connectivity index (χ0v) is 18.7. The zero-order chi connectivity index (χ0) is 22.7. The number of carbonyl (C=O) groups excluding carboxylic acids is 1. The minimum absolute atomic E-state index is 0.236. The first kappa shape index (κ1) is 20.4. The summed E-state index contributed by atoms with van der Waals surface area (Å²) >= 11 is 0. The maximum Gasteiger partial charge on any atom is 0.254 e. The molecule has 0 spiro atoms. The van der Waals surface area contributed by atoms with Crippen molar-refractivity contribution in [1.82, 2.24) is 19.0 Å². The van der Waals surface area contributed by atoms with E-state index >= 15 is 4.39 Å². The molecule has 33 heavy (non-hydrogen) atoms. The van der Waals surface area contributed by atoms with Crippen molar-refractivity contribution in [2.24, 2.45) is 13.0 Å². The van der Waals surface area contributed by atoms with E-state index in [1.807, 2.05) is 23.7 Å². The van der Waals surface area contributed by atoms with E-state index in [0.29, 0.717) is 59.8 Å². The molecule has 0 bridgehead atoms. The van der Waals surface area contributed by atoms with Crippen molar-refractivity contribution in [2.45, 2.75) is 32.2 Å². The zero-order valence-electron chi connectivity index (χ0n) is 18.7. The smallest absolute Gasteiger partial charge is 0.254 e. The SMILES string of the molecule is Cn1c(-c2cc3ccccc3n2CC2CC2)nc2cc3c(c(F)c21)CCN(CCCF)C3=O. The summed E-state index contributed by atoms with van der Waals surface area (Å²) in [6, 6.07) is 12.1. The average Bonchev–Trinajstić information content (AvgIpc) is 3.48. The van der Waals surface area contributed by atoms with Crippen molar-refractivity contribution >= 4 is 27.8 Å². The maximum absolute atomic E-state index is 15.7. The number of hydrogen-bond donors (Lipinski definition) is 0. The molecule has 2 aliphatic rings. The standard InChI is InChI=1S/C26H26F2N4O/c1-30-24-20(14-19-18(23(24)28)9-12-31(26(19)33)11-4-10-27)29-25(30)22-13-17-5-2-3-6-21(17)32(22)15-16-7-8-16/h2-3,5-6,13-14,16H,4,7-12,15H2,1H3.